The molecule has 0 atom stereocenters. The molecule has 10 nitrogen and oxygen atoms in total. The molecule has 0 aromatic heterocycles. The van der Waals surface area contributed by atoms with Crippen molar-refractivity contribution < 1.29 is 44.6 Å². The molecule has 0 radical (unpaired) electrons. The van der Waals surface area contributed by atoms with Crippen molar-refractivity contribution in [3.8, 4) is 11.5 Å². The van der Waals surface area contributed by atoms with E-state index in [4.69, 9.17) is 9.11 Å². The Labute approximate surface area is 142 Å². The average Bonchev–Trinajstić information content (AvgIpc) is 2.44. The van der Waals surface area contributed by atoms with E-state index in [1.807, 2.05) is 0 Å². The summed E-state index contributed by atoms with van der Waals surface area (Å²) in [6, 6.07) is 4.69. The van der Waals surface area contributed by atoms with Gasteiger partial charge in [0.05, 0.1) is 0 Å². The zero-order valence-corrected chi connectivity index (χ0v) is 14.4. The lowest BCUT2D eigenvalue weighted by Crippen LogP contribution is -2.14. The van der Waals surface area contributed by atoms with E-state index in [1.165, 1.54) is 0 Å². The summed E-state index contributed by atoms with van der Waals surface area (Å²) in [7, 11) is -15.5. The van der Waals surface area contributed by atoms with Gasteiger partial charge in [-0.05, 0) is 24.3 Å². The van der Waals surface area contributed by atoms with Crippen molar-refractivity contribution >= 4 is 30.1 Å². The van der Waals surface area contributed by atoms with Gasteiger partial charge in [-0.15, -0.1) is 0 Å². The summed E-state index contributed by atoms with van der Waals surface area (Å²) < 4.78 is 89.4. The number of aromatic hydroxyl groups is 2. The minimum atomic E-state index is -5.21. The Kier molecular flexibility index (Phi) is 4.56. The zero-order chi connectivity index (χ0) is 19.2. The predicted molar refractivity (Wildman–Crippen MR) is 81.3 cm³/mol. The molecule has 0 fully saturated rings. The van der Waals surface area contributed by atoms with E-state index in [0.29, 0.717) is 12.1 Å². The van der Waals surface area contributed by atoms with Gasteiger partial charge < -0.3 is 10.2 Å². The van der Waals surface area contributed by atoms with Crippen LogP contribution in [0.15, 0.2) is 56.0 Å². The van der Waals surface area contributed by atoms with Crippen LogP contribution in [-0.4, -0.2) is 44.6 Å². The van der Waals surface area contributed by atoms with Gasteiger partial charge in [-0.3, -0.25) is 9.11 Å². The Morgan fingerprint density at radius 2 is 0.920 bits per heavy atom. The highest BCUT2D eigenvalue weighted by molar-refractivity contribution is 7.94. The third-order valence-electron chi connectivity index (χ3n) is 3.01. The van der Waals surface area contributed by atoms with Gasteiger partial charge in [-0.25, -0.2) is 8.42 Å². The van der Waals surface area contributed by atoms with Gasteiger partial charge in [-0.1, -0.05) is 12.1 Å². The first-order chi connectivity index (χ1) is 11.3. The van der Waals surface area contributed by atoms with Crippen LogP contribution in [0, 0.1) is 0 Å². The lowest BCUT2D eigenvalue weighted by atomic mass is 10.3. The normalized spacial score (nSPS) is 12.9. The fourth-order valence-corrected chi connectivity index (χ4v) is 6.08. The second-order valence-corrected chi connectivity index (χ2v) is 9.27. The molecule has 4 N–H and O–H groups in total. The smallest absolute Gasteiger partial charge is 0.295 e. The van der Waals surface area contributed by atoms with Crippen LogP contribution in [0.2, 0.25) is 0 Å². The lowest BCUT2D eigenvalue weighted by molar-refractivity contribution is 0.438. The Hall–Kier alpha value is -2.19. The van der Waals surface area contributed by atoms with E-state index < -0.39 is 61.2 Å². The van der Waals surface area contributed by atoms with E-state index >= 15 is 0 Å². The molecule has 2 aromatic carbocycles. The van der Waals surface area contributed by atoms with Crippen molar-refractivity contribution in [2.45, 2.75) is 19.6 Å². The molecule has 0 aliphatic heterocycles. The average molecular weight is 410 g/mol. The van der Waals surface area contributed by atoms with Crippen molar-refractivity contribution in [3.63, 3.8) is 0 Å². The molecule has 0 bridgehead atoms. The highest BCUT2D eigenvalue weighted by atomic mass is 32.2. The first-order valence-electron chi connectivity index (χ1n) is 6.12. The summed E-state index contributed by atoms with van der Waals surface area (Å²) in [6.45, 7) is 0. The first-order valence-corrected chi connectivity index (χ1v) is 10.5. The second-order valence-electron chi connectivity index (χ2n) is 4.66. The number of rotatable bonds is 4. The highest BCUT2D eigenvalue weighted by Gasteiger charge is 2.36. The van der Waals surface area contributed by atoms with Gasteiger partial charge in [0, 0.05) is 0 Å². The minimum Gasteiger partial charge on any atom is -0.507 e. The first kappa shape index (κ1) is 19.1. The molecule has 136 valence electrons. The van der Waals surface area contributed by atoms with E-state index in [0.717, 1.165) is 24.3 Å². The van der Waals surface area contributed by atoms with Crippen LogP contribution in [0.4, 0.5) is 0 Å². The molecule has 0 aliphatic rings. The Morgan fingerprint density at radius 3 is 1.20 bits per heavy atom. The summed E-state index contributed by atoms with van der Waals surface area (Å²) in [5, 5.41) is 19.6. The summed E-state index contributed by atoms with van der Waals surface area (Å²) in [4.78, 5) is -5.19. The lowest BCUT2D eigenvalue weighted by Gasteiger charge is -2.13. The molecule has 0 spiro atoms. The van der Waals surface area contributed by atoms with Crippen LogP contribution in [0.3, 0.4) is 0 Å². The van der Waals surface area contributed by atoms with Crippen LogP contribution < -0.4 is 0 Å². The maximum absolute atomic E-state index is 12.7. The van der Waals surface area contributed by atoms with Gasteiger partial charge >= 0.3 is 0 Å². The molecule has 2 aromatic rings. The SMILES string of the molecule is O=S(=O)(O)c1cccc(O)c1S(=O)(=O)c1c(O)cccc1S(=O)(=O)O. The summed E-state index contributed by atoms with van der Waals surface area (Å²) in [5.41, 5.74) is 0. The van der Waals surface area contributed by atoms with E-state index in [2.05, 4.69) is 0 Å². The number of benzene rings is 2. The van der Waals surface area contributed by atoms with Gasteiger partial charge in [0.15, 0.2) is 0 Å². The van der Waals surface area contributed by atoms with E-state index in [9.17, 15) is 35.5 Å². The third-order valence-corrected chi connectivity index (χ3v) is 6.99. The number of phenolic OH excluding ortho intramolecular Hbond substituents is 2. The molecule has 25 heavy (non-hydrogen) atoms. The van der Waals surface area contributed by atoms with Gasteiger partial charge in [0.2, 0.25) is 9.84 Å². The Morgan fingerprint density at radius 1 is 0.600 bits per heavy atom. The topological polar surface area (TPSA) is 183 Å². The third kappa shape index (κ3) is 3.45. The molecule has 0 amide bonds. The second kappa shape index (κ2) is 5.96. The van der Waals surface area contributed by atoms with Crippen LogP contribution >= 0.6 is 0 Å². The van der Waals surface area contributed by atoms with E-state index in [1.54, 1.807) is 0 Å². The predicted octanol–water partition coefficient (Wildman–Crippen LogP) is 0.424. The fraction of sp³-hybridized carbons (Fsp3) is 0. The molecule has 0 saturated heterocycles. The molecular weight excluding hydrogens is 400 g/mol. The monoisotopic (exact) mass is 410 g/mol. The Bertz CT molecular complexity index is 1070. The molecule has 0 unspecified atom stereocenters. The van der Waals surface area contributed by atoms with Crippen molar-refractivity contribution in [1.29, 1.82) is 0 Å². The summed E-state index contributed by atoms with van der Waals surface area (Å²) in [6.07, 6.45) is 0. The maximum Gasteiger partial charge on any atom is 0.295 e. The maximum atomic E-state index is 12.7. The molecule has 0 heterocycles. The van der Waals surface area contributed by atoms with Crippen molar-refractivity contribution in [2.75, 3.05) is 0 Å². The number of hydrogen-bond acceptors (Lipinski definition) is 8. The molecule has 13 heteroatoms. The summed E-state index contributed by atoms with van der Waals surface area (Å²) >= 11 is 0. The molecular formula is C12H10O10S3. The standard InChI is InChI=1S/C12H10O10S3/c13-7-3-1-5-9(24(17,18)19)11(7)23(15,16)12-8(14)4-2-6-10(12)25(20,21)22/h1-6,13-14H,(H,17,18,19)(H,20,21,22). The molecule has 2 rings (SSSR count). The zero-order valence-electron chi connectivity index (χ0n) is 11.9. The minimum absolute atomic E-state index is 0.648. The number of sulfone groups is 1. The van der Waals surface area contributed by atoms with E-state index in [-0.39, 0.29) is 0 Å². The largest absolute Gasteiger partial charge is 0.507 e. The van der Waals surface area contributed by atoms with Gasteiger partial charge in [0.25, 0.3) is 20.2 Å². The van der Waals surface area contributed by atoms with Crippen LogP contribution in [-0.2, 0) is 30.1 Å². The molecule has 0 saturated carbocycles. The fourth-order valence-electron chi connectivity index (χ4n) is 2.06. The van der Waals surface area contributed by atoms with Crippen molar-refractivity contribution in [1.82, 2.24) is 0 Å². The summed E-state index contributed by atoms with van der Waals surface area (Å²) in [5.74, 6) is -2.25. The number of hydrogen-bond donors (Lipinski definition) is 4. The van der Waals surface area contributed by atoms with Crippen molar-refractivity contribution in [3.05, 3.63) is 36.4 Å². The highest BCUT2D eigenvalue weighted by Crippen LogP contribution is 2.40. The Balaban J connectivity index is 3.04. The number of phenols is 2. The quantitative estimate of drug-likeness (QED) is 0.515. The van der Waals surface area contributed by atoms with Gasteiger partial charge in [0.1, 0.15) is 31.1 Å². The van der Waals surface area contributed by atoms with Crippen LogP contribution in [0.1, 0.15) is 0 Å². The van der Waals surface area contributed by atoms with Crippen LogP contribution in [0.25, 0.3) is 0 Å². The molecule has 0 aliphatic carbocycles. The van der Waals surface area contributed by atoms with Gasteiger partial charge in [-0.2, -0.15) is 16.8 Å². The van der Waals surface area contributed by atoms with Crippen molar-refractivity contribution in [2.24, 2.45) is 0 Å². The van der Waals surface area contributed by atoms with Crippen LogP contribution in [0.5, 0.6) is 11.5 Å².